The van der Waals surface area contributed by atoms with E-state index in [1.165, 1.54) is 13.2 Å². The molecule has 4 nitrogen and oxygen atoms in total. The minimum atomic E-state index is -0.415. The van der Waals surface area contributed by atoms with E-state index in [-0.39, 0.29) is 5.75 Å². The first-order valence-corrected chi connectivity index (χ1v) is 6.24. The zero-order valence-corrected chi connectivity index (χ0v) is 11.1. The van der Waals surface area contributed by atoms with E-state index in [4.69, 9.17) is 9.15 Å². The van der Waals surface area contributed by atoms with E-state index < -0.39 is 5.82 Å². The number of benzene rings is 1. The second-order valence-electron chi connectivity index (χ2n) is 4.14. The Morgan fingerprint density at radius 2 is 2.26 bits per heavy atom. The molecular weight excluding hydrogens is 247 g/mol. The van der Waals surface area contributed by atoms with Crippen LogP contribution < -0.4 is 10.1 Å². The first-order chi connectivity index (χ1) is 9.24. The molecule has 1 heterocycles. The number of nitrogens with one attached hydrogen (secondary N) is 1. The van der Waals surface area contributed by atoms with E-state index in [1.54, 1.807) is 18.3 Å². The van der Waals surface area contributed by atoms with Gasteiger partial charge in [0.05, 0.1) is 19.9 Å². The van der Waals surface area contributed by atoms with Crippen molar-refractivity contribution >= 4 is 0 Å². The van der Waals surface area contributed by atoms with Crippen molar-refractivity contribution in [3.63, 3.8) is 0 Å². The fraction of sp³-hybridized carbons (Fsp3) is 0.357. The van der Waals surface area contributed by atoms with E-state index in [2.05, 4.69) is 17.2 Å². The maximum atomic E-state index is 13.6. The minimum Gasteiger partial charge on any atom is -0.494 e. The Kier molecular flexibility index (Phi) is 4.52. The van der Waals surface area contributed by atoms with Gasteiger partial charge in [0.2, 0.25) is 5.89 Å². The number of hydrogen-bond donors (Lipinski definition) is 1. The Morgan fingerprint density at radius 3 is 2.95 bits per heavy atom. The van der Waals surface area contributed by atoms with Gasteiger partial charge in [-0.2, -0.15) is 0 Å². The fourth-order valence-corrected chi connectivity index (χ4v) is 1.72. The van der Waals surface area contributed by atoms with Crippen molar-refractivity contribution in [3.05, 3.63) is 36.1 Å². The molecular formula is C14H17FN2O2. The van der Waals surface area contributed by atoms with E-state index >= 15 is 0 Å². The molecule has 0 amide bonds. The van der Waals surface area contributed by atoms with Crippen molar-refractivity contribution in [2.24, 2.45) is 0 Å². The Morgan fingerprint density at radius 1 is 1.42 bits per heavy atom. The summed E-state index contributed by atoms with van der Waals surface area (Å²) < 4.78 is 24.0. The van der Waals surface area contributed by atoms with Crippen molar-refractivity contribution in [3.8, 4) is 17.1 Å². The van der Waals surface area contributed by atoms with Crippen LogP contribution in [0.1, 0.15) is 19.2 Å². The number of methoxy groups -OCH3 is 1. The summed E-state index contributed by atoms with van der Waals surface area (Å²) in [5.41, 5.74) is 0.646. The normalized spacial score (nSPS) is 10.7. The maximum absolute atomic E-state index is 13.6. The highest BCUT2D eigenvalue weighted by molar-refractivity contribution is 5.57. The van der Waals surface area contributed by atoms with Gasteiger partial charge in [-0.15, -0.1) is 0 Å². The summed E-state index contributed by atoms with van der Waals surface area (Å²) in [5, 5.41) is 3.20. The second kappa shape index (κ2) is 6.33. The number of hydrogen-bond acceptors (Lipinski definition) is 4. The van der Waals surface area contributed by atoms with Gasteiger partial charge < -0.3 is 14.5 Å². The first kappa shape index (κ1) is 13.5. The first-order valence-electron chi connectivity index (χ1n) is 6.24. The fourth-order valence-electron chi connectivity index (χ4n) is 1.72. The highest BCUT2D eigenvalue weighted by Gasteiger charge is 2.09. The number of ether oxygens (including phenoxy) is 1. The molecule has 0 atom stereocenters. The molecule has 0 bridgehead atoms. The molecule has 0 fully saturated rings. The SMILES string of the molecule is CCCNCc1ncc(-c2ccc(OC)c(F)c2)o1. The molecule has 0 aliphatic heterocycles. The number of rotatable bonds is 6. The summed E-state index contributed by atoms with van der Waals surface area (Å²) in [4.78, 5) is 4.15. The van der Waals surface area contributed by atoms with Crippen LogP contribution in [0.2, 0.25) is 0 Å². The van der Waals surface area contributed by atoms with Crippen LogP contribution in [0.25, 0.3) is 11.3 Å². The third-order valence-electron chi connectivity index (χ3n) is 2.69. The van der Waals surface area contributed by atoms with Crippen molar-refractivity contribution in [1.82, 2.24) is 10.3 Å². The predicted octanol–water partition coefficient (Wildman–Crippen LogP) is 2.99. The van der Waals surface area contributed by atoms with Gasteiger partial charge >= 0.3 is 0 Å². The van der Waals surface area contributed by atoms with Crippen molar-refractivity contribution < 1.29 is 13.5 Å². The van der Waals surface area contributed by atoms with Crippen LogP contribution in [0, 0.1) is 5.82 Å². The third kappa shape index (κ3) is 3.32. The number of nitrogens with zero attached hydrogens (tertiary/aromatic N) is 1. The summed E-state index contributed by atoms with van der Waals surface area (Å²) in [7, 11) is 1.43. The summed E-state index contributed by atoms with van der Waals surface area (Å²) in [6, 6.07) is 4.69. The lowest BCUT2D eigenvalue weighted by Crippen LogP contribution is -2.13. The van der Waals surface area contributed by atoms with Crippen molar-refractivity contribution in [2.75, 3.05) is 13.7 Å². The van der Waals surface area contributed by atoms with Crippen LogP contribution >= 0.6 is 0 Å². The van der Waals surface area contributed by atoms with Crippen LogP contribution in [0.5, 0.6) is 5.75 Å². The van der Waals surface area contributed by atoms with Crippen LogP contribution in [-0.2, 0) is 6.54 Å². The third-order valence-corrected chi connectivity index (χ3v) is 2.69. The summed E-state index contributed by atoms with van der Waals surface area (Å²) >= 11 is 0. The highest BCUT2D eigenvalue weighted by atomic mass is 19.1. The lowest BCUT2D eigenvalue weighted by molar-refractivity contribution is 0.386. The minimum absolute atomic E-state index is 0.216. The zero-order chi connectivity index (χ0) is 13.7. The summed E-state index contributed by atoms with van der Waals surface area (Å²) in [6.45, 7) is 3.58. The van der Waals surface area contributed by atoms with Crippen molar-refractivity contribution in [1.29, 1.82) is 0 Å². The molecule has 0 saturated heterocycles. The molecule has 0 saturated carbocycles. The summed E-state index contributed by atoms with van der Waals surface area (Å²) in [6.07, 6.45) is 2.65. The molecule has 0 unspecified atom stereocenters. The molecule has 5 heteroatoms. The largest absolute Gasteiger partial charge is 0.494 e. The molecule has 102 valence electrons. The molecule has 1 N–H and O–H groups in total. The molecule has 0 aliphatic carbocycles. The van der Waals surface area contributed by atoms with Gasteiger partial charge in [-0.1, -0.05) is 6.92 Å². The smallest absolute Gasteiger partial charge is 0.208 e. The van der Waals surface area contributed by atoms with Crippen LogP contribution in [0.15, 0.2) is 28.8 Å². The van der Waals surface area contributed by atoms with Gasteiger partial charge in [0, 0.05) is 5.56 Å². The van der Waals surface area contributed by atoms with Crippen LogP contribution in [0.3, 0.4) is 0 Å². The molecule has 0 spiro atoms. The second-order valence-corrected chi connectivity index (χ2v) is 4.14. The van der Waals surface area contributed by atoms with E-state index in [9.17, 15) is 4.39 Å². The van der Waals surface area contributed by atoms with Gasteiger partial charge in [0.25, 0.3) is 0 Å². The molecule has 1 aromatic heterocycles. The highest BCUT2D eigenvalue weighted by Crippen LogP contribution is 2.25. The summed E-state index contributed by atoms with van der Waals surface area (Å²) in [5.74, 6) is 0.949. The number of aromatic nitrogens is 1. The van der Waals surface area contributed by atoms with Gasteiger partial charge in [0.15, 0.2) is 17.3 Å². The predicted molar refractivity (Wildman–Crippen MR) is 70.4 cm³/mol. The molecule has 0 radical (unpaired) electrons. The van der Waals surface area contributed by atoms with Gasteiger partial charge in [0.1, 0.15) is 0 Å². The lowest BCUT2D eigenvalue weighted by Gasteiger charge is -2.02. The van der Waals surface area contributed by atoms with Gasteiger partial charge in [-0.3, -0.25) is 0 Å². The standard InChI is InChI=1S/C14H17FN2O2/c1-3-6-16-9-14-17-8-13(19-14)10-4-5-12(18-2)11(15)7-10/h4-5,7-8,16H,3,6,9H2,1-2H3. The molecule has 0 aliphatic rings. The van der Waals surface area contributed by atoms with Gasteiger partial charge in [-0.05, 0) is 31.2 Å². The topological polar surface area (TPSA) is 47.3 Å². The average Bonchev–Trinajstić information content (AvgIpc) is 2.88. The Balaban J connectivity index is 2.11. The van der Waals surface area contributed by atoms with Crippen molar-refractivity contribution in [2.45, 2.75) is 19.9 Å². The van der Waals surface area contributed by atoms with Gasteiger partial charge in [-0.25, -0.2) is 9.37 Å². The monoisotopic (exact) mass is 264 g/mol. The average molecular weight is 264 g/mol. The molecule has 19 heavy (non-hydrogen) atoms. The van der Waals surface area contributed by atoms with E-state index in [0.717, 1.165) is 13.0 Å². The Bertz CT molecular complexity index is 540. The maximum Gasteiger partial charge on any atom is 0.208 e. The molecule has 2 aromatic rings. The van der Waals surface area contributed by atoms with E-state index in [1.807, 2.05) is 0 Å². The Labute approximate surface area is 111 Å². The van der Waals surface area contributed by atoms with Crippen LogP contribution in [-0.4, -0.2) is 18.6 Å². The van der Waals surface area contributed by atoms with E-state index in [0.29, 0.717) is 23.8 Å². The van der Waals surface area contributed by atoms with Crippen LogP contribution in [0.4, 0.5) is 4.39 Å². The lowest BCUT2D eigenvalue weighted by atomic mass is 10.2. The number of oxazole rings is 1. The zero-order valence-electron chi connectivity index (χ0n) is 11.1. The molecule has 1 aromatic carbocycles. The number of halogens is 1. The Hall–Kier alpha value is -1.88. The molecule has 2 rings (SSSR count). The quantitative estimate of drug-likeness (QED) is 0.815.